The zero-order valence-electron chi connectivity index (χ0n) is 9.61. The number of aryl methyl sites for hydroxylation is 1. The lowest BCUT2D eigenvalue weighted by Gasteiger charge is -2.13. The van der Waals surface area contributed by atoms with Crippen LogP contribution in [-0.2, 0) is 16.6 Å². The Bertz CT molecular complexity index is 473. The van der Waals surface area contributed by atoms with Gasteiger partial charge in [-0.15, -0.1) is 12.4 Å². The maximum Gasteiger partial charge on any atom is 0.262 e. The smallest absolute Gasteiger partial charge is 0.262 e. The molecule has 0 spiro atoms. The average molecular weight is 281 g/mol. The van der Waals surface area contributed by atoms with Gasteiger partial charge in [-0.05, 0) is 13.3 Å². The molecular formula is C9H17ClN4O2S. The summed E-state index contributed by atoms with van der Waals surface area (Å²) >= 11 is 0. The molecule has 2 heterocycles. The Kier molecular flexibility index (Phi) is 4.54. The van der Waals surface area contributed by atoms with E-state index in [9.17, 15) is 8.42 Å². The number of rotatable bonds is 3. The van der Waals surface area contributed by atoms with E-state index in [0.717, 1.165) is 0 Å². The number of halogens is 1. The van der Waals surface area contributed by atoms with Gasteiger partial charge >= 0.3 is 0 Å². The van der Waals surface area contributed by atoms with Crippen LogP contribution in [0.15, 0.2) is 17.6 Å². The first kappa shape index (κ1) is 14.4. The standard InChI is InChI=1S/C9H16N4O2S.ClH/c1-2-12-6-9(11-7-12)16(14,15)13-4-3-8(10)5-13;/h6-8H,2-5,10H2,1H3;1H. The van der Waals surface area contributed by atoms with Crippen molar-refractivity contribution in [2.45, 2.75) is 31.0 Å². The molecule has 1 aliphatic rings. The third-order valence-electron chi connectivity index (χ3n) is 2.77. The molecule has 6 nitrogen and oxygen atoms in total. The second-order valence-corrected chi connectivity index (χ2v) is 5.84. The maximum absolute atomic E-state index is 12.1. The molecule has 8 heteroatoms. The fraction of sp³-hybridized carbons (Fsp3) is 0.667. The minimum atomic E-state index is -3.44. The van der Waals surface area contributed by atoms with Crippen LogP contribution in [0.3, 0.4) is 0 Å². The van der Waals surface area contributed by atoms with Gasteiger partial charge in [-0.25, -0.2) is 13.4 Å². The number of nitrogens with zero attached hydrogens (tertiary/aromatic N) is 3. The van der Waals surface area contributed by atoms with E-state index in [1.165, 1.54) is 10.6 Å². The summed E-state index contributed by atoms with van der Waals surface area (Å²) in [6.45, 7) is 3.52. The van der Waals surface area contributed by atoms with Crippen LogP contribution in [0, 0.1) is 0 Å². The highest BCUT2D eigenvalue weighted by atomic mass is 35.5. The van der Waals surface area contributed by atoms with E-state index >= 15 is 0 Å². The number of aromatic nitrogens is 2. The molecule has 2 N–H and O–H groups in total. The van der Waals surface area contributed by atoms with Crippen molar-refractivity contribution in [3.8, 4) is 0 Å². The highest BCUT2D eigenvalue weighted by molar-refractivity contribution is 7.89. The van der Waals surface area contributed by atoms with Crippen LogP contribution >= 0.6 is 12.4 Å². The fourth-order valence-electron chi connectivity index (χ4n) is 1.75. The summed E-state index contributed by atoms with van der Waals surface area (Å²) in [4.78, 5) is 3.92. The first-order valence-electron chi connectivity index (χ1n) is 5.31. The largest absolute Gasteiger partial charge is 0.336 e. The van der Waals surface area contributed by atoms with Crippen molar-refractivity contribution in [2.24, 2.45) is 5.73 Å². The van der Waals surface area contributed by atoms with Crippen molar-refractivity contribution in [1.82, 2.24) is 13.9 Å². The molecule has 1 aromatic heterocycles. The zero-order valence-corrected chi connectivity index (χ0v) is 11.2. The van der Waals surface area contributed by atoms with Crippen LogP contribution < -0.4 is 5.73 Å². The highest BCUT2D eigenvalue weighted by Gasteiger charge is 2.32. The molecule has 0 saturated carbocycles. The summed E-state index contributed by atoms with van der Waals surface area (Å²) in [5.74, 6) is 0. The highest BCUT2D eigenvalue weighted by Crippen LogP contribution is 2.18. The fourth-order valence-corrected chi connectivity index (χ4v) is 3.20. The van der Waals surface area contributed by atoms with Crippen LogP contribution in [-0.4, -0.2) is 41.4 Å². The first-order chi connectivity index (χ1) is 7.54. The molecule has 1 atom stereocenters. The van der Waals surface area contributed by atoms with Crippen LogP contribution in [0.2, 0.25) is 0 Å². The van der Waals surface area contributed by atoms with Gasteiger partial charge in [0.1, 0.15) is 0 Å². The van der Waals surface area contributed by atoms with Crippen molar-refractivity contribution in [3.05, 3.63) is 12.5 Å². The zero-order chi connectivity index (χ0) is 11.8. The minimum absolute atomic E-state index is 0. The Balaban J connectivity index is 0.00000144. The lowest BCUT2D eigenvalue weighted by molar-refractivity contribution is 0.470. The van der Waals surface area contributed by atoms with Crippen molar-refractivity contribution in [3.63, 3.8) is 0 Å². The SMILES string of the molecule is CCn1cnc(S(=O)(=O)N2CCC(N)C2)c1.Cl. The van der Waals surface area contributed by atoms with Gasteiger partial charge < -0.3 is 10.3 Å². The lowest BCUT2D eigenvalue weighted by Crippen LogP contribution is -2.32. The summed E-state index contributed by atoms with van der Waals surface area (Å²) in [5.41, 5.74) is 5.70. The third-order valence-corrected chi connectivity index (χ3v) is 4.52. The number of hydrogen-bond acceptors (Lipinski definition) is 4. The quantitative estimate of drug-likeness (QED) is 0.848. The molecule has 0 aliphatic carbocycles. The van der Waals surface area contributed by atoms with Crippen LogP contribution in [0.4, 0.5) is 0 Å². The van der Waals surface area contributed by atoms with Gasteiger partial charge in [0, 0.05) is 31.9 Å². The average Bonchev–Trinajstić information content (AvgIpc) is 2.85. The van der Waals surface area contributed by atoms with Gasteiger partial charge in [0.05, 0.1) is 6.33 Å². The van der Waals surface area contributed by atoms with Gasteiger partial charge in [0.2, 0.25) is 0 Å². The molecule has 0 bridgehead atoms. The normalized spacial score (nSPS) is 21.4. The second kappa shape index (κ2) is 5.34. The monoisotopic (exact) mass is 280 g/mol. The molecule has 1 saturated heterocycles. The first-order valence-corrected chi connectivity index (χ1v) is 6.75. The van der Waals surface area contributed by atoms with E-state index in [1.54, 1.807) is 10.8 Å². The van der Waals surface area contributed by atoms with Gasteiger partial charge in [0.15, 0.2) is 5.03 Å². The van der Waals surface area contributed by atoms with E-state index in [2.05, 4.69) is 4.98 Å². The van der Waals surface area contributed by atoms with E-state index in [-0.39, 0.29) is 23.5 Å². The summed E-state index contributed by atoms with van der Waals surface area (Å²) in [7, 11) is -3.44. The summed E-state index contributed by atoms with van der Waals surface area (Å²) in [6, 6.07) is -0.0527. The summed E-state index contributed by atoms with van der Waals surface area (Å²) in [6.07, 6.45) is 3.80. The molecule has 1 aliphatic heterocycles. The van der Waals surface area contributed by atoms with Crippen LogP contribution in [0.5, 0.6) is 0 Å². The molecule has 1 aromatic rings. The Morgan fingerprint density at radius 3 is 2.76 bits per heavy atom. The third kappa shape index (κ3) is 2.79. The van der Waals surface area contributed by atoms with Gasteiger partial charge in [-0.1, -0.05) is 0 Å². The molecule has 0 amide bonds. The van der Waals surface area contributed by atoms with Crippen molar-refractivity contribution in [1.29, 1.82) is 0 Å². The minimum Gasteiger partial charge on any atom is -0.336 e. The molecule has 0 radical (unpaired) electrons. The predicted octanol–water partition coefficient (Wildman–Crippen LogP) is 0.0465. The predicted molar refractivity (Wildman–Crippen MR) is 66.5 cm³/mol. The van der Waals surface area contributed by atoms with Gasteiger partial charge in [-0.3, -0.25) is 0 Å². The molecular weight excluding hydrogens is 264 g/mol. The molecule has 1 unspecified atom stereocenters. The van der Waals surface area contributed by atoms with Gasteiger partial charge in [0.25, 0.3) is 10.0 Å². The van der Waals surface area contributed by atoms with E-state index in [1.807, 2.05) is 6.92 Å². The second-order valence-electron chi connectivity index (χ2n) is 3.95. The van der Waals surface area contributed by atoms with E-state index in [4.69, 9.17) is 5.73 Å². The molecule has 17 heavy (non-hydrogen) atoms. The lowest BCUT2D eigenvalue weighted by atomic mass is 10.3. The Morgan fingerprint density at radius 1 is 1.59 bits per heavy atom. The molecule has 1 fully saturated rings. The number of sulfonamides is 1. The van der Waals surface area contributed by atoms with Crippen molar-refractivity contribution >= 4 is 22.4 Å². The van der Waals surface area contributed by atoms with Crippen molar-refractivity contribution in [2.75, 3.05) is 13.1 Å². The summed E-state index contributed by atoms with van der Waals surface area (Å²) < 4.78 is 27.3. The van der Waals surface area contributed by atoms with Gasteiger partial charge in [-0.2, -0.15) is 4.31 Å². The molecule has 0 aromatic carbocycles. The number of hydrogen-bond donors (Lipinski definition) is 1. The van der Waals surface area contributed by atoms with E-state index < -0.39 is 10.0 Å². The number of imidazole rings is 1. The van der Waals surface area contributed by atoms with Crippen LogP contribution in [0.25, 0.3) is 0 Å². The Hall–Kier alpha value is -0.630. The van der Waals surface area contributed by atoms with E-state index in [0.29, 0.717) is 26.1 Å². The van der Waals surface area contributed by atoms with Crippen LogP contribution in [0.1, 0.15) is 13.3 Å². The Morgan fingerprint density at radius 2 is 2.29 bits per heavy atom. The molecule has 98 valence electrons. The number of nitrogens with two attached hydrogens (primary N) is 1. The Labute approximate surface area is 107 Å². The molecule has 2 rings (SSSR count). The summed E-state index contributed by atoms with van der Waals surface area (Å²) in [5, 5.41) is 0.114. The maximum atomic E-state index is 12.1. The van der Waals surface area contributed by atoms with Crippen molar-refractivity contribution < 1.29 is 8.42 Å². The topological polar surface area (TPSA) is 81.2 Å².